The van der Waals surface area contributed by atoms with Gasteiger partial charge in [0, 0.05) is 37.0 Å². The molecule has 1 N–H and O–H groups in total. The van der Waals surface area contributed by atoms with Gasteiger partial charge in [-0.3, -0.25) is 4.79 Å². The Kier molecular flexibility index (Phi) is 5.43. The topological polar surface area (TPSA) is 102 Å². The molecule has 0 bridgehead atoms. The molecular formula is C19H23N7O2. The minimum atomic E-state index is 0.0391. The average Bonchev–Trinajstić information content (AvgIpc) is 3.44. The molecule has 0 spiro atoms. The zero-order chi connectivity index (χ0) is 19.3. The van der Waals surface area contributed by atoms with Crippen LogP contribution in [0.2, 0.25) is 0 Å². The lowest BCUT2D eigenvalue weighted by Gasteiger charge is -2.32. The predicted octanol–water partition coefficient (Wildman–Crippen LogP) is 2.08. The number of benzene rings is 1. The minimum Gasteiger partial charge on any atom is -0.376 e. The first kappa shape index (κ1) is 18.3. The van der Waals surface area contributed by atoms with Crippen molar-refractivity contribution in [1.29, 1.82) is 0 Å². The van der Waals surface area contributed by atoms with Crippen LogP contribution >= 0.6 is 0 Å². The summed E-state index contributed by atoms with van der Waals surface area (Å²) in [5.74, 6) is 0.405. The van der Waals surface area contributed by atoms with Crippen LogP contribution in [0.15, 0.2) is 36.7 Å². The lowest BCUT2D eigenvalue weighted by Crippen LogP contribution is -2.43. The van der Waals surface area contributed by atoms with Gasteiger partial charge in [-0.15, -0.1) is 5.10 Å². The van der Waals surface area contributed by atoms with Gasteiger partial charge in [0.05, 0.1) is 12.3 Å². The lowest BCUT2D eigenvalue weighted by molar-refractivity contribution is 0.00211. The van der Waals surface area contributed by atoms with E-state index in [9.17, 15) is 4.79 Å². The molecule has 9 nitrogen and oxygen atoms in total. The number of hydrogen-bond acceptors (Lipinski definition) is 6. The summed E-state index contributed by atoms with van der Waals surface area (Å²) in [6.07, 6.45) is 6.63. The van der Waals surface area contributed by atoms with E-state index in [1.54, 1.807) is 6.20 Å². The van der Waals surface area contributed by atoms with E-state index >= 15 is 0 Å². The largest absolute Gasteiger partial charge is 0.376 e. The molecule has 0 unspecified atom stereocenters. The van der Waals surface area contributed by atoms with E-state index in [1.165, 1.54) is 4.68 Å². The Morgan fingerprint density at radius 1 is 1.36 bits per heavy atom. The summed E-state index contributed by atoms with van der Waals surface area (Å²) >= 11 is 0. The third kappa shape index (κ3) is 3.94. The number of amides is 1. The molecule has 3 heterocycles. The maximum atomic E-state index is 13.0. The van der Waals surface area contributed by atoms with Crippen molar-refractivity contribution in [2.24, 2.45) is 0 Å². The molecule has 146 valence electrons. The van der Waals surface area contributed by atoms with Crippen molar-refractivity contribution in [3.63, 3.8) is 0 Å². The molecule has 9 heteroatoms. The standard InChI is InChI=1S/C19H23N7O2/c1-2-9-28-17-7-4-8-25(13-17)18(27)15-6-3-5-14(10-15)16-11-20-26(12-16)19-21-23-24-22-19/h3,5-6,10-12,17H,2,4,7-9,13H2,1H3,(H,21,22,23,24)/t17-/m1/s1. The monoisotopic (exact) mass is 381 g/mol. The molecule has 0 saturated carbocycles. The number of hydrogen-bond donors (Lipinski definition) is 1. The summed E-state index contributed by atoms with van der Waals surface area (Å²) in [5, 5.41) is 18.0. The van der Waals surface area contributed by atoms with Gasteiger partial charge in [0.1, 0.15) is 0 Å². The molecule has 1 saturated heterocycles. The van der Waals surface area contributed by atoms with Crippen LogP contribution in [0.1, 0.15) is 36.5 Å². The first-order valence-electron chi connectivity index (χ1n) is 9.54. The number of piperidine rings is 1. The smallest absolute Gasteiger partial charge is 0.290 e. The van der Waals surface area contributed by atoms with E-state index in [2.05, 4.69) is 32.6 Å². The number of likely N-dealkylation sites (tertiary alicyclic amines) is 1. The van der Waals surface area contributed by atoms with Crippen molar-refractivity contribution in [2.45, 2.75) is 32.3 Å². The summed E-state index contributed by atoms with van der Waals surface area (Å²) in [7, 11) is 0. The summed E-state index contributed by atoms with van der Waals surface area (Å²) < 4.78 is 7.39. The van der Waals surface area contributed by atoms with Crippen LogP contribution in [0.4, 0.5) is 0 Å². The van der Waals surface area contributed by atoms with Gasteiger partial charge in [0.2, 0.25) is 0 Å². The quantitative estimate of drug-likeness (QED) is 0.701. The van der Waals surface area contributed by atoms with Crippen molar-refractivity contribution in [2.75, 3.05) is 19.7 Å². The van der Waals surface area contributed by atoms with E-state index in [0.29, 0.717) is 18.1 Å². The number of carbonyl (C=O) groups is 1. The number of nitrogens with zero attached hydrogens (tertiary/aromatic N) is 6. The second-order valence-corrected chi connectivity index (χ2v) is 6.85. The SMILES string of the molecule is CCCO[C@@H]1CCCN(C(=O)c2cccc(-c3cnn(-c4nn[nH]n4)c3)c2)C1. The molecule has 0 radical (unpaired) electrons. The van der Waals surface area contributed by atoms with E-state index in [1.807, 2.05) is 35.4 Å². The molecule has 1 amide bonds. The van der Waals surface area contributed by atoms with E-state index in [4.69, 9.17) is 4.74 Å². The van der Waals surface area contributed by atoms with Gasteiger partial charge >= 0.3 is 0 Å². The zero-order valence-electron chi connectivity index (χ0n) is 15.8. The number of aromatic nitrogens is 6. The van der Waals surface area contributed by atoms with Gasteiger partial charge in [-0.2, -0.15) is 10.3 Å². The summed E-state index contributed by atoms with van der Waals surface area (Å²) in [4.78, 5) is 14.9. The molecule has 1 fully saturated rings. The molecule has 0 aliphatic carbocycles. The van der Waals surface area contributed by atoms with Gasteiger partial charge in [0.25, 0.3) is 11.9 Å². The second kappa shape index (κ2) is 8.30. The molecule has 1 aliphatic rings. The highest BCUT2D eigenvalue weighted by Gasteiger charge is 2.25. The van der Waals surface area contributed by atoms with Crippen LogP contribution in [0, 0.1) is 0 Å². The fraction of sp³-hybridized carbons (Fsp3) is 0.421. The zero-order valence-corrected chi connectivity index (χ0v) is 15.8. The molecule has 2 aromatic heterocycles. The Labute approximate surface area is 162 Å². The molecule has 4 rings (SSSR count). The summed E-state index contributed by atoms with van der Waals surface area (Å²) in [5.41, 5.74) is 2.46. The number of rotatable bonds is 6. The first-order valence-corrected chi connectivity index (χ1v) is 9.54. The lowest BCUT2D eigenvalue weighted by atomic mass is 10.0. The highest BCUT2D eigenvalue weighted by Crippen LogP contribution is 2.22. The maximum absolute atomic E-state index is 13.0. The van der Waals surface area contributed by atoms with Crippen LogP contribution in [0.5, 0.6) is 0 Å². The van der Waals surface area contributed by atoms with Crippen molar-refractivity contribution in [3.8, 4) is 17.1 Å². The van der Waals surface area contributed by atoms with Crippen molar-refractivity contribution >= 4 is 5.91 Å². The van der Waals surface area contributed by atoms with Crippen LogP contribution in [0.25, 0.3) is 17.1 Å². The average molecular weight is 381 g/mol. The Hall–Kier alpha value is -3.07. The number of aromatic amines is 1. The molecule has 1 aromatic carbocycles. The molecule has 3 aromatic rings. The van der Waals surface area contributed by atoms with Gasteiger partial charge in [-0.1, -0.05) is 24.2 Å². The van der Waals surface area contributed by atoms with Gasteiger partial charge in [0.15, 0.2) is 0 Å². The highest BCUT2D eigenvalue weighted by molar-refractivity contribution is 5.95. The Morgan fingerprint density at radius 2 is 2.29 bits per heavy atom. The third-order valence-corrected chi connectivity index (χ3v) is 4.79. The number of H-pyrrole nitrogens is 1. The second-order valence-electron chi connectivity index (χ2n) is 6.85. The first-order chi connectivity index (χ1) is 13.7. The van der Waals surface area contributed by atoms with Crippen LogP contribution in [-0.4, -0.2) is 67.0 Å². The van der Waals surface area contributed by atoms with E-state index in [-0.39, 0.29) is 12.0 Å². The summed E-state index contributed by atoms with van der Waals surface area (Å²) in [6, 6.07) is 7.60. The molecule has 1 aliphatic heterocycles. The Balaban J connectivity index is 1.50. The fourth-order valence-electron chi connectivity index (χ4n) is 3.39. The summed E-state index contributed by atoms with van der Waals surface area (Å²) in [6.45, 7) is 4.26. The molecule has 1 atom stereocenters. The van der Waals surface area contributed by atoms with Crippen LogP contribution in [0.3, 0.4) is 0 Å². The van der Waals surface area contributed by atoms with Crippen LogP contribution < -0.4 is 0 Å². The number of tetrazole rings is 1. The number of ether oxygens (including phenoxy) is 1. The third-order valence-electron chi connectivity index (χ3n) is 4.79. The highest BCUT2D eigenvalue weighted by atomic mass is 16.5. The van der Waals surface area contributed by atoms with Crippen LogP contribution in [-0.2, 0) is 4.74 Å². The normalized spacial score (nSPS) is 17.0. The minimum absolute atomic E-state index is 0.0391. The van der Waals surface area contributed by atoms with Gasteiger partial charge in [-0.05, 0) is 42.2 Å². The molecular weight excluding hydrogens is 358 g/mol. The van der Waals surface area contributed by atoms with Crippen molar-refractivity contribution in [3.05, 3.63) is 42.2 Å². The van der Waals surface area contributed by atoms with E-state index < -0.39 is 0 Å². The van der Waals surface area contributed by atoms with Crippen molar-refractivity contribution < 1.29 is 9.53 Å². The van der Waals surface area contributed by atoms with Gasteiger partial charge < -0.3 is 9.64 Å². The molecule has 28 heavy (non-hydrogen) atoms. The maximum Gasteiger partial charge on any atom is 0.290 e. The number of carbonyl (C=O) groups excluding carboxylic acids is 1. The van der Waals surface area contributed by atoms with Gasteiger partial charge in [-0.25, -0.2) is 4.68 Å². The number of nitrogens with one attached hydrogen (secondary N) is 1. The Bertz CT molecular complexity index is 922. The van der Waals surface area contributed by atoms with Crippen molar-refractivity contribution in [1.82, 2.24) is 35.3 Å². The fourth-order valence-corrected chi connectivity index (χ4v) is 3.39. The predicted molar refractivity (Wildman–Crippen MR) is 102 cm³/mol. The van der Waals surface area contributed by atoms with E-state index in [0.717, 1.165) is 43.5 Å². The Morgan fingerprint density at radius 3 is 3.11 bits per heavy atom.